The third kappa shape index (κ3) is 3.24. The number of benzene rings is 1. The number of hydrogen-bond donors (Lipinski definition) is 1. The van der Waals surface area contributed by atoms with E-state index < -0.39 is 0 Å². The Morgan fingerprint density at radius 2 is 2.17 bits per heavy atom. The average Bonchev–Trinajstić information content (AvgIpc) is 2.38. The Morgan fingerprint density at radius 1 is 1.44 bits per heavy atom. The molecule has 0 radical (unpaired) electrons. The highest BCUT2D eigenvalue weighted by atomic mass is 79.9. The van der Waals surface area contributed by atoms with Crippen LogP contribution in [-0.2, 0) is 0 Å². The van der Waals surface area contributed by atoms with Crippen LogP contribution in [-0.4, -0.2) is 31.1 Å². The first-order valence-corrected chi connectivity index (χ1v) is 7.16. The molecular formula is C13H15BrClN3. The fraction of sp³-hybridized carbons (Fsp3) is 0.462. The molecule has 0 spiro atoms. The highest BCUT2D eigenvalue weighted by molar-refractivity contribution is 9.10. The van der Waals surface area contributed by atoms with Gasteiger partial charge in [0.1, 0.15) is 0 Å². The lowest BCUT2D eigenvalue weighted by atomic mass is 10.0. The van der Waals surface area contributed by atoms with E-state index in [1.165, 1.54) is 0 Å². The zero-order valence-corrected chi connectivity index (χ0v) is 12.3. The van der Waals surface area contributed by atoms with Crippen LogP contribution < -0.4 is 5.32 Å². The summed E-state index contributed by atoms with van der Waals surface area (Å²) in [4.78, 5) is 2.35. The van der Waals surface area contributed by atoms with E-state index in [0.29, 0.717) is 11.4 Å². The molecule has 3 nitrogen and oxygen atoms in total. The van der Waals surface area contributed by atoms with E-state index in [0.717, 1.165) is 36.2 Å². The van der Waals surface area contributed by atoms with Crippen molar-refractivity contribution in [2.24, 2.45) is 0 Å². The van der Waals surface area contributed by atoms with Gasteiger partial charge in [-0.25, -0.2) is 0 Å². The van der Waals surface area contributed by atoms with Gasteiger partial charge < -0.3 is 5.32 Å². The lowest BCUT2D eigenvalue weighted by Crippen LogP contribution is -2.45. The molecular weight excluding hydrogens is 314 g/mol. The van der Waals surface area contributed by atoms with Crippen LogP contribution in [0.15, 0.2) is 22.7 Å². The predicted molar refractivity (Wildman–Crippen MR) is 76.6 cm³/mol. The van der Waals surface area contributed by atoms with Gasteiger partial charge in [0.05, 0.1) is 12.5 Å². The zero-order valence-electron chi connectivity index (χ0n) is 10.00. The molecule has 1 aliphatic heterocycles. The molecule has 1 heterocycles. The molecule has 0 aliphatic carbocycles. The first-order chi connectivity index (χ1) is 8.72. The number of hydrogen-bond acceptors (Lipinski definition) is 3. The Bertz CT molecular complexity index is 452. The first-order valence-electron chi connectivity index (χ1n) is 5.99. The van der Waals surface area contributed by atoms with E-state index in [-0.39, 0.29) is 6.04 Å². The van der Waals surface area contributed by atoms with Crippen LogP contribution in [0.3, 0.4) is 0 Å². The minimum Gasteiger partial charge on any atom is -0.314 e. The summed E-state index contributed by atoms with van der Waals surface area (Å²) in [6.07, 6.45) is 0.500. The summed E-state index contributed by atoms with van der Waals surface area (Å²) in [5.74, 6) is 0. The van der Waals surface area contributed by atoms with Crippen LogP contribution in [0.5, 0.6) is 0 Å². The normalized spacial score (nSPS) is 18.3. The van der Waals surface area contributed by atoms with Gasteiger partial charge in [-0.15, -0.1) is 0 Å². The number of nitriles is 1. The third-order valence-corrected chi connectivity index (χ3v) is 4.12. The highest BCUT2D eigenvalue weighted by Crippen LogP contribution is 2.32. The lowest BCUT2D eigenvalue weighted by Gasteiger charge is -2.34. The summed E-state index contributed by atoms with van der Waals surface area (Å²) in [6, 6.07) is 8.22. The van der Waals surface area contributed by atoms with Gasteiger partial charge in [-0.2, -0.15) is 5.26 Å². The molecule has 0 aromatic heterocycles. The van der Waals surface area contributed by atoms with Crippen molar-refractivity contribution in [1.29, 1.82) is 5.26 Å². The topological polar surface area (TPSA) is 39.1 Å². The Morgan fingerprint density at radius 3 is 2.78 bits per heavy atom. The number of nitrogens with one attached hydrogen (secondary N) is 1. The Hall–Kier alpha value is -0.600. The molecule has 1 fully saturated rings. The zero-order chi connectivity index (χ0) is 13.0. The summed E-state index contributed by atoms with van der Waals surface area (Å²) < 4.78 is 0.980. The van der Waals surface area contributed by atoms with Crippen molar-refractivity contribution < 1.29 is 0 Å². The summed E-state index contributed by atoms with van der Waals surface area (Å²) in [5, 5.41) is 13.1. The molecule has 1 N–H and O–H groups in total. The van der Waals surface area contributed by atoms with E-state index in [1.54, 1.807) is 0 Å². The minimum atomic E-state index is 0.142. The van der Waals surface area contributed by atoms with E-state index >= 15 is 0 Å². The Kier molecular flexibility index (Phi) is 5.02. The maximum Gasteiger partial charge on any atom is 0.0641 e. The molecule has 1 aromatic rings. The van der Waals surface area contributed by atoms with Gasteiger partial charge in [-0.1, -0.05) is 33.6 Å². The molecule has 1 saturated heterocycles. The molecule has 18 heavy (non-hydrogen) atoms. The van der Waals surface area contributed by atoms with E-state index in [1.807, 2.05) is 18.2 Å². The minimum absolute atomic E-state index is 0.142. The quantitative estimate of drug-likeness (QED) is 0.927. The Labute approximate surface area is 121 Å². The molecule has 5 heteroatoms. The summed E-state index contributed by atoms with van der Waals surface area (Å²) in [7, 11) is 0. The van der Waals surface area contributed by atoms with E-state index in [9.17, 15) is 0 Å². The Balaban J connectivity index is 2.25. The van der Waals surface area contributed by atoms with Crippen LogP contribution in [0.25, 0.3) is 0 Å². The largest absolute Gasteiger partial charge is 0.314 e. The smallest absolute Gasteiger partial charge is 0.0641 e. The summed E-state index contributed by atoms with van der Waals surface area (Å²) in [6.45, 7) is 3.91. The molecule has 0 amide bonds. The van der Waals surface area contributed by atoms with Gasteiger partial charge in [0, 0.05) is 41.7 Å². The second-order valence-electron chi connectivity index (χ2n) is 4.33. The van der Waals surface area contributed by atoms with Gasteiger partial charge in [-0.3, -0.25) is 4.90 Å². The maximum absolute atomic E-state index is 9.04. The van der Waals surface area contributed by atoms with Gasteiger partial charge in [0.15, 0.2) is 0 Å². The monoisotopic (exact) mass is 327 g/mol. The molecule has 1 aromatic carbocycles. The molecule has 0 unspecified atom stereocenters. The van der Waals surface area contributed by atoms with Crippen molar-refractivity contribution in [2.45, 2.75) is 12.5 Å². The number of piperazine rings is 1. The molecule has 96 valence electrons. The van der Waals surface area contributed by atoms with Crippen LogP contribution in [0.2, 0.25) is 5.02 Å². The van der Waals surface area contributed by atoms with Gasteiger partial charge in [-0.05, 0) is 17.7 Å². The maximum atomic E-state index is 9.04. The number of nitrogens with zero attached hydrogens (tertiary/aromatic N) is 2. The standard InChI is InChI=1S/C13H15BrClN3/c14-12-9-10(15)1-2-11(12)13(3-4-16)18-7-5-17-6-8-18/h1-2,9,13,17H,3,5-8H2/t13-/m0/s1. The molecule has 0 bridgehead atoms. The van der Waals surface area contributed by atoms with Crippen molar-refractivity contribution in [3.05, 3.63) is 33.3 Å². The SMILES string of the molecule is N#CC[C@@H](c1ccc(Cl)cc1Br)N1CCNCC1. The highest BCUT2D eigenvalue weighted by Gasteiger charge is 2.23. The van der Waals surface area contributed by atoms with Gasteiger partial charge in [0.2, 0.25) is 0 Å². The second-order valence-corrected chi connectivity index (χ2v) is 5.62. The van der Waals surface area contributed by atoms with Gasteiger partial charge in [0.25, 0.3) is 0 Å². The first kappa shape index (κ1) is 13.8. The van der Waals surface area contributed by atoms with Crippen molar-refractivity contribution in [3.8, 4) is 6.07 Å². The fourth-order valence-corrected chi connectivity index (χ4v) is 3.23. The van der Waals surface area contributed by atoms with Crippen molar-refractivity contribution in [1.82, 2.24) is 10.2 Å². The molecule has 1 atom stereocenters. The number of halogens is 2. The average molecular weight is 329 g/mol. The van der Waals surface area contributed by atoms with Gasteiger partial charge >= 0.3 is 0 Å². The van der Waals surface area contributed by atoms with E-state index in [4.69, 9.17) is 16.9 Å². The van der Waals surface area contributed by atoms with Crippen LogP contribution in [0, 0.1) is 11.3 Å². The molecule has 1 aliphatic rings. The summed E-state index contributed by atoms with van der Waals surface area (Å²) in [5.41, 5.74) is 1.14. The van der Waals surface area contributed by atoms with Crippen molar-refractivity contribution in [3.63, 3.8) is 0 Å². The number of rotatable bonds is 3. The molecule has 2 rings (SSSR count). The molecule has 0 saturated carbocycles. The fourth-order valence-electron chi connectivity index (χ4n) is 2.29. The van der Waals surface area contributed by atoms with E-state index in [2.05, 4.69) is 32.2 Å². The summed E-state index contributed by atoms with van der Waals surface area (Å²) >= 11 is 9.51. The van der Waals surface area contributed by atoms with Crippen LogP contribution in [0.1, 0.15) is 18.0 Å². The van der Waals surface area contributed by atoms with Crippen LogP contribution in [0.4, 0.5) is 0 Å². The second kappa shape index (κ2) is 6.53. The van der Waals surface area contributed by atoms with Crippen molar-refractivity contribution in [2.75, 3.05) is 26.2 Å². The van der Waals surface area contributed by atoms with Crippen molar-refractivity contribution >= 4 is 27.5 Å². The third-order valence-electron chi connectivity index (χ3n) is 3.20. The lowest BCUT2D eigenvalue weighted by molar-refractivity contribution is 0.175. The van der Waals surface area contributed by atoms with Crippen LogP contribution >= 0.6 is 27.5 Å². The predicted octanol–water partition coefficient (Wildman–Crippen LogP) is 2.96.